The minimum absolute atomic E-state index is 0.269. The third-order valence-electron chi connectivity index (χ3n) is 5.74. The number of piperazine rings is 1. The van der Waals surface area contributed by atoms with Crippen molar-refractivity contribution in [2.24, 2.45) is 0 Å². The summed E-state index contributed by atoms with van der Waals surface area (Å²) in [4.78, 5) is 26.6. The highest BCUT2D eigenvalue weighted by Gasteiger charge is 2.30. The van der Waals surface area contributed by atoms with Gasteiger partial charge in [-0.05, 0) is 53.2 Å². The average molecular weight is 472 g/mol. The first-order chi connectivity index (χ1) is 14.6. The number of hydrogen-bond donors (Lipinski definition) is 1. The monoisotopic (exact) mass is 471 g/mol. The molecular formula is C22H26BrN5O2. The second-order valence-corrected chi connectivity index (χ2v) is 8.20. The van der Waals surface area contributed by atoms with E-state index in [9.17, 15) is 4.79 Å². The fourth-order valence-electron chi connectivity index (χ4n) is 3.96. The minimum atomic E-state index is -0.269. The molecule has 1 aliphatic rings. The van der Waals surface area contributed by atoms with Crippen LogP contribution in [-0.2, 0) is 4.79 Å². The van der Waals surface area contributed by atoms with E-state index < -0.39 is 0 Å². The van der Waals surface area contributed by atoms with Gasteiger partial charge in [0.2, 0.25) is 0 Å². The highest BCUT2D eigenvalue weighted by Crippen LogP contribution is 2.36. The van der Waals surface area contributed by atoms with Gasteiger partial charge in [-0.15, -0.1) is 0 Å². The van der Waals surface area contributed by atoms with Gasteiger partial charge in [-0.3, -0.25) is 0 Å². The van der Waals surface area contributed by atoms with Crippen LogP contribution in [0.1, 0.15) is 6.92 Å². The number of nitrogens with one attached hydrogen (secondary N) is 1. The third kappa shape index (κ3) is 3.60. The number of aromatic amines is 1. The Labute approximate surface area is 184 Å². The van der Waals surface area contributed by atoms with Crippen molar-refractivity contribution in [1.82, 2.24) is 9.97 Å². The van der Waals surface area contributed by atoms with Gasteiger partial charge in [0.25, 0.3) is 0 Å². The van der Waals surface area contributed by atoms with E-state index in [2.05, 4.69) is 66.7 Å². The van der Waals surface area contributed by atoms with Gasteiger partial charge in [0, 0.05) is 44.8 Å². The zero-order valence-electron chi connectivity index (χ0n) is 17.4. The van der Waals surface area contributed by atoms with Gasteiger partial charge >= 0.3 is 0 Å². The molecular weight excluding hydrogens is 446 g/mol. The lowest BCUT2D eigenvalue weighted by atomic mass is 10.1. The molecule has 1 saturated heterocycles. The topological polar surface area (TPSA) is 64.7 Å². The number of rotatable bonds is 6. The molecule has 3 aromatic rings. The van der Waals surface area contributed by atoms with Gasteiger partial charge in [0.1, 0.15) is 23.9 Å². The lowest BCUT2D eigenvalue weighted by Crippen LogP contribution is -2.54. The smallest absolute Gasteiger partial charge is 0.152 e. The Balaban J connectivity index is 1.62. The number of benzene rings is 1. The van der Waals surface area contributed by atoms with Crippen LogP contribution in [0.25, 0.3) is 10.9 Å². The van der Waals surface area contributed by atoms with Crippen molar-refractivity contribution in [3.8, 4) is 5.75 Å². The van der Waals surface area contributed by atoms with E-state index in [-0.39, 0.29) is 6.04 Å². The summed E-state index contributed by atoms with van der Waals surface area (Å²) in [5.74, 6) is 2.63. The molecule has 1 N–H and O–H groups in total. The Kier molecular flexibility index (Phi) is 5.85. The van der Waals surface area contributed by atoms with E-state index in [0.29, 0.717) is 6.54 Å². The normalized spacial score (nSPS) is 16.7. The van der Waals surface area contributed by atoms with Gasteiger partial charge in [-0.1, -0.05) is 0 Å². The van der Waals surface area contributed by atoms with Crippen molar-refractivity contribution < 1.29 is 9.53 Å². The number of fused-ring (bicyclic) bond motifs is 1. The van der Waals surface area contributed by atoms with Gasteiger partial charge in [0.05, 0.1) is 22.8 Å². The van der Waals surface area contributed by atoms with Crippen molar-refractivity contribution in [3.63, 3.8) is 0 Å². The summed E-state index contributed by atoms with van der Waals surface area (Å²) in [6, 6.07) is 9.81. The van der Waals surface area contributed by atoms with E-state index in [1.807, 2.05) is 24.4 Å². The molecule has 1 aromatic carbocycles. The van der Waals surface area contributed by atoms with Gasteiger partial charge < -0.3 is 29.2 Å². The quantitative estimate of drug-likeness (QED) is 0.553. The largest absolute Gasteiger partial charge is 0.495 e. The predicted octanol–water partition coefficient (Wildman–Crippen LogP) is 3.68. The van der Waals surface area contributed by atoms with Crippen molar-refractivity contribution in [1.29, 1.82) is 0 Å². The molecule has 7 nitrogen and oxygen atoms in total. The zero-order valence-corrected chi connectivity index (χ0v) is 19.0. The third-order valence-corrected chi connectivity index (χ3v) is 6.53. The van der Waals surface area contributed by atoms with Gasteiger partial charge in [0.15, 0.2) is 5.82 Å². The number of ether oxygens (including phenoxy) is 1. The van der Waals surface area contributed by atoms with Crippen LogP contribution in [0.5, 0.6) is 5.75 Å². The van der Waals surface area contributed by atoms with E-state index in [1.165, 1.54) is 0 Å². The van der Waals surface area contributed by atoms with Crippen LogP contribution in [0, 0.1) is 0 Å². The number of aldehydes is 1. The van der Waals surface area contributed by atoms with Crippen molar-refractivity contribution in [2.75, 3.05) is 55.0 Å². The Morgan fingerprint density at radius 3 is 2.93 bits per heavy atom. The lowest BCUT2D eigenvalue weighted by molar-refractivity contribution is -0.109. The Hall–Kier alpha value is -2.74. The summed E-state index contributed by atoms with van der Waals surface area (Å²) in [5.41, 5.74) is 2.05. The van der Waals surface area contributed by atoms with Crippen LogP contribution >= 0.6 is 15.9 Å². The fraction of sp³-hybridized carbons (Fsp3) is 0.364. The van der Waals surface area contributed by atoms with Crippen LogP contribution in [-0.4, -0.2) is 62.6 Å². The summed E-state index contributed by atoms with van der Waals surface area (Å²) >= 11 is 3.61. The number of H-pyrrole nitrogens is 1. The molecule has 4 rings (SSSR count). The van der Waals surface area contributed by atoms with E-state index >= 15 is 0 Å². The van der Waals surface area contributed by atoms with Crippen LogP contribution in [0.3, 0.4) is 0 Å². The molecule has 3 heterocycles. The summed E-state index contributed by atoms with van der Waals surface area (Å²) in [5, 5.41) is 1.07. The zero-order chi connectivity index (χ0) is 21.3. The maximum Gasteiger partial charge on any atom is 0.152 e. The molecule has 0 amide bonds. The van der Waals surface area contributed by atoms with Crippen LogP contribution in [0.2, 0.25) is 0 Å². The first kappa shape index (κ1) is 20.5. The van der Waals surface area contributed by atoms with Crippen molar-refractivity contribution in [3.05, 3.63) is 41.0 Å². The molecule has 0 saturated carbocycles. The average Bonchev–Trinajstić information content (AvgIpc) is 3.23. The van der Waals surface area contributed by atoms with Crippen LogP contribution in [0.4, 0.5) is 17.3 Å². The standard InChI is InChI=1S/C22H26BrN5O2/c1-4-26(2)17-6-5-9-24-22(17)27-10-11-28(16(13-27)14-29)19-12-15-7-8-18(30-3)20(23)21(15)25-19/h5-9,12,14,16,25H,4,10-11,13H2,1-3H3. The Morgan fingerprint density at radius 1 is 1.37 bits per heavy atom. The lowest BCUT2D eigenvalue weighted by Gasteiger charge is -2.41. The molecule has 0 bridgehead atoms. The number of methoxy groups -OCH3 is 1. The van der Waals surface area contributed by atoms with Crippen LogP contribution in [0.15, 0.2) is 41.0 Å². The molecule has 1 unspecified atom stereocenters. The maximum absolute atomic E-state index is 12.0. The summed E-state index contributed by atoms with van der Waals surface area (Å²) in [6.45, 7) is 5.10. The molecule has 0 spiro atoms. The highest BCUT2D eigenvalue weighted by molar-refractivity contribution is 9.10. The number of pyridine rings is 1. The van der Waals surface area contributed by atoms with Crippen LogP contribution < -0.4 is 19.4 Å². The molecule has 158 valence electrons. The Morgan fingerprint density at radius 2 is 2.20 bits per heavy atom. The van der Waals surface area contributed by atoms with E-state index in [0.717, 1.165) is 64.4 Å². The first-order valence-electron chi connectivity index (χ1n) is 10.1. The van der Waals surface area contributed by atoms with Gasteiger partial charge in [-0.25, -0.2) is 4.98 Å². The maximum atomic E-state index is 12.0. The highest BCUT2D eigenvalue weighted by atomic mass is 79.9. The summed E-state index contributed by atoms with van der Waals surface area (Å²) in [7, 11) is 3.71. The number of anilines is 3. The van der Waals surface area contributed by atoms with Crippen molar-refractivity contribution in [2.45, 2.75) is 13.0 Å². The number of halogens is 1. The molecule has 30 heavy (non-hydrogen) atoms. The number of aromatic nitrogens is 2. The number of nitrogens with zero attached hydrogens (tertiary/aromatic N) is 4. The van der Waals surface area contributed by atoms with E-state index in [1.54, 1.807) is 7.11 Å². The fourth-order valence-corrected chi connectivity index (χ4v) is 4.58. The summed E-state index contributed by atoms with van der Waals surface area (Å²) in [6.07, 6.45) is 2.84. The van der Waals surface area contributed by atoms with E-state index in [4.69, 9.17) is 4.74 Å². The SMILES string of the molecule is CCN(C)c1cccnc1N1CCN(c2cc3ccc(OC)c(Br)c3[nH]2)C(C=O)C1. The second kappa shape index (κ2) is 8.55. The molecule has 1 fully saturated rings. The summed E-state index contributed by atoms with van der Waals surface area (Å²) < 4.78 is 6.28. The molecule has 0 aliphatic carbocycles. The molecule has 1 aliphatic heterocycles. The van der Waals surface area contributed by atoms with Crippen molar-refractivity contribution >= 4 is 50.4 Å². The molecule has 0 radical (unpaired) electrons. The second-order valence-electron chi connectivity index (χ2n) is 7.40. The number of carbonyl (C=O) groups excluding carboxylic acids is 1. The number of hydrogen-bond acceptors (Lipinski definition) is 6. The first-order valence-corrected chi connectivity index (χ1v) is 10.8. The predicted molar refractivity (Wildman–Crippen MR) is 125 cm³/mol. The Bertz CT molecular complexity index is 1050. The number of carbonyl (C=O) groups is 1. The minimum Gasteiger partial charge on any atom is -0.495 e. The molecule has 1 atom stereocenters. The molecule has 8 heteroatoms. The molecule has 2 aromatic heterocycles. The van der Waals surface area contributed by atoms with Gasteiger partial charge in [-0.2, -0.15) is 0 Å².